The van der Waals surface area contributed by atoms with E-state index in [1.807, 2.05) is 26.1 Å². The Labute approximate surface area is 79.2 Å². The van der Waals surface area contributed by atoms with Crippen LogP contribution in [0.2, 0.25) is 0 Å². The molecule has 0 aromatic carbocycles. The van der Waals surface area contributed by atoms with Crippen molar-refractivity contribution in [2.24, 2.45) is 5.73 Å². The quantitative estimate of drug-likeness (QED) is 0.655. The van der Waals surface area contributed by atoms with Gasteiger partial charge in [0, 0.05) is 18.0 Å². The van der Waals surface area contributed by atoms with E-state index in [9.17, 15) is 0 Å². The van der Waals surface area contributed by atoms with Crippen LogP contribution in [0.4, 0.5) is 0 Å². The SMILES string of the molecule is CCC(N)C#Cc1cncc(C)c1. The van der Waals surface area contributed by atoms with E-state index in [2.05, 4.69) is 16.8 Å². The van der Waals surface area contributed by atoms with Gasteiger partial charge in [-0.15, -0.1) is 0 Å². The van der Waals surface area contributed by atoms with Crippen molar-refractivity contribution >= 4 is 0 Å². The lowest BCUT2D eigenvalue weighted by atomic mass is 10.2. The van der Waals surface area contributed by atoms with E-state index in [1.54, 1.807) is 6.20 Å². The number of pyridine rings is 1. The molecule has 0 aliphatic heterocycles. The summed E-state index contributed by atoms with van der Waals surface area (Å²) in [5.41, 5.74) is 7.72. The second-order valence-electron chi connectivity index (χ2n) is 3.04. The summed E-state index contributed by atoms with van der Waals surface area (Å²) in [6.07, 6.45) is 4.44. The van der Waals surface area contributed by atoms with E-state index in [0.29, 0.717) is 0 Å². The van der Waals surface area contributed by atoms with Crippen LogP contribution < -0.4 is 5.73 Å². The summed E-state index contributed by atoms with van der Waals surface area (Å²) < 4.78 is 0. The molecule has 0 amide bonds. The van der Waals surface area contributed by atoms with Gasteiger partial charge < -0.3 is 5.73 Å². The van der Waals surface area contributed by atoms with Crippen LogP contribution in [0, 0.1) is 18.8 Å². The van der Waals surface area contributed by atoms with E-state index in [0.717, 1.165) is 17.5 Å². The summed E-state index contributed by atoms with van der Waals surface area (Å²) in [5, 5.41) is 0. The lowest BCUT2D eigenvalue weighted by Gasteiger charge is -1.96. The molecule has 1 heterocycles. The van der Waals surface area contributed by atoms with Crippen molar-refractivity contribution < 1.29 is 0 Å². The van der Waals surface area contributed by atoms with Crippen molar-refractivity contribution in [1.82, 2.24) is 4.98 Å². The Morgan fingerprint density at radius 1 is 1.54 bits per heavy atom. The van der Waals surface area contributed by atoms with Crippen LogP contribution in [-0.4, -0.2) is 11.0 Å². The fourth-order valence-electron chi connectivity index (χ4n) is 0.901. The molecule has 0 fully saturated rings. The first-order valence-corrected chi connectivity index (χ1v) is 4.41. The average molecular weight is 174 g/mol. The molecule has 0 aliphatic carbocycles. The molecule has 0 saturated carbocycles. The highest BCUT2D eigenvalue weighted by Gasteiger charge is 1.91. The second kappa shape index (κ2) is 4.64. The van der Waals surface area contributed by atoms with Gasteiger partial charge in [0.2, 0.25) is 0 Å². The largest absolute Gasteiger partial charge is 0.318 e. The Kier molecular flexibility index (Phi) is 3.48. The van der Waals surface area contributed by atoms with Gasteiger partial charge in [-0.3, -0.25) is 4.98 Å². The predicted molar refractivity (Wildman–Crippen MR) is 54.1 cm³/mol. The van der Waals surface area contributed by atoms with Crippen molar-refractivity contribution in [3.8, 4) is 11.8 Å². The summed E-state index contributed by atoms with van der Waals surface area (Å²) in [4.78, 5) is 4.04. The number of hydrogen-bond acceptors (Lipinski definition) is 2. The van der Waals surface area contributed by atoms with E-state index in [1.165, 1.54) is 0 Å². The van der Waals surface area contributed by atoms with Crippen molar-refractivity contribution in [1.29, 1.82) is 0 Å². The molecule has 2 nitrogen and oxygen atoms in total. The summed E-state index contributed by atoms with van der Waals surface area (Å²) in [5.74, 6) is 5.96. The number of hydrogen-bond donors (Lipinski definition) is 1. The predicted octanol–water partition coefficient (Wildman–Crippen LogP) is 1.48. The van der Waals surface area contributed by atoms with E-state index < -0.39 is 0 Å². The number of nitrogens with two attached hydrogens (primary N) is 1. The summed E-state index contributed by atoms with van der Waals surface area (Å²) in [6.45, 7) is 4.02. The molecule has 1 atom stereocenters. The van der Waals surface area contributed by atoms with Gasteiger partial charge in [-0.25, -0.2) is 0 Å². The minimum Gasteiger partial charge on any atom is -0.318 e. The molecule has 2 N–H and O–H groups in total. The van der Waals surface area contributed by atoms with Gasteiger partial charge in [0.25, 0.3) is 0 Å². The second-order valence-corrected chi connectivity index (χ2v) is 3.04. The molecule has 0 saturated heterocycles. The van der Waals surface area contributed by atoms with Crippen molar-refractivity contribution in [2.75, 3.05) is 0 Å². The maximum Gasteiger partial charge on any atom is 0.0665 e. The summed E-state index contributed by atoms with van der Waals surface area (Å²) in [6, 6.07) is 1.98. The number of rotatable bonds is 1. The Bertz CT molecular complexity index is 333. The number of aryl methyl sites for hydroxylation is 1. The van der Waals surface area contributed by atoms with E-state index in [-0.39, 0.29) is 6.04 Å². The molecule has 2 heteroatoms. The van der Waals surface area contributed by atoms with Gasteiger partial charge in [0.05, 0.1) is 6.04 Å². The van der Waals surface area contributed by atoms with Crippen LogP contribution in [0.5, 0.6) is 0 Å². The minimum absolute atomic E-state index is 0.0273. The molecule has 1 aromatic heterocycles. The fraction of sp³-hybridized carbons (Fsp3) is 0.364. The zero-order valence-corrected chi connectivity index (χ0v) is 8.04. The topological polar surface area (TPSA) is 38.9 Å². The van der Waals surface area contributed by atoms with Crippen molar-refractivity contribution in [2.45, 2.75) is 26.3 Å². The van der Waals surface area contributed by atoms with Gasteiger partial charge in [0.1, 0.15) is 0 Å². The Hall–Kier alpha value is -1.33. The summed E-state index contributed by atoms with van der Waals surface area (Å²) in [7, 11) is 0. The van der Waals surface area contributed by atoms with Crippen LogP contribution in [-0.2, 0) is 0 Å². The third-order valence-corrected chi connectivity index (χ3v) is 1.72. The van der Waals surface area contributed by atoms with Crippen LogP contribution in [0.25, 0.3) is 0 Å². The molecule has 1 aromatic rings. The standard InChI is InChI=1S/C11H14N2/c1-3-11(12)5-4-10-6-9(2)7-13-8-10/h6-8,11H,3,12H2,1-2H3. The molecule has 0 aliphatic rings. The Morgan fingerprint density at radius 2 is 2.31 bits per heavy atom. The van der Waals surface area contributed by atoms with Crippen molar-refractivity contribution in [3.63, 3.8) is 0 Å². The molecule has 0 radical (unpaired) electrons. The lowest BCUT2D eigenvalue weighted by molar-refractivity contribution is 0.806. The monoisotopic (exact) mass is 174 g/mol. The first kappa shape index (κ1) is 9.76. The van der Waals surface area contributed by atoms with Crippen LogP contribution in [0.3, 0.4) is 0 Å². The zero-order chi connectivity index (χ0) is 9.68. The van der Waals surface area contributed by atoms with Gasteiger partial charge in [-0.2, -0.15) is 0 Å². The van der Waals surface area contributed by atoms with Crippen LogP contribution >= 0.6 is 0 Å². The molecular weight excluding hydrogens is 160 g/mol. The third-order valence-electron chi connectivity index (χ3n) is 1.72. The van der Waals surface area contributed by atoms with E-state index >= 15 is 0 Å². The maximum atomic E-state index is 5.66. The maximum absolute atomic E-state index is 5.66. The van der Waals surface area contributed by atoms with Gasteiger partial charge in [-0.05, 0) is 25.0 Å². The molecule has 1 rings (SSSR count). The van der Waals surface area contributed by atoms with Crippen LogP contribution in [0.1, 0.15) is 24.5 Å². The highest BCUT2D eigenvalue weighted by atomic mass is 14.6. The first-order chi connectivity index (χ1) is 6.22. The highest BCUT2D eigenvalue weighted by Crippen LogP contribution is 1.98. The molecule has 1 unspecified atom stereocenters. The van der Waals surface area contributed by atoms with Gasteiger partial charge in [-0.1, -0.05) is 18.8 Å². The average Bonchev–Trinajstić information content (AvgIpc) is 2.14. The summed E-state index contributed by atoms with van der Waals surface area (Å²) >= 11 is 0. The van der Waals surface area contributed by atoms with E-state index in [4.69, 9.17) is 5.73 Å². The minimum atomic E-state index is -0.0273. The highest BCUT2D eigenvalue weighted by molar-refractivity contribution is 5.34. The normalized spacial score (nSPS) is 11.6. The fourth-order valence-corrected chi connectivity index (χ4v) is 0.901. The first-order valence-electron chi connectivity index (χ1n) is 4.41. The van der Waals surface area contributed by atoms with Gasteiger partial charge >= 0.3 is 0 Å². The molecule has 0 spiro atoms. The molecule has 13 heavy (non-hydrogen) atoms. The van der Waals surface area contributed by atoms with Gasteiger partial charge in [0.15, 0.2) is 0 Å². The number of aromatic nitrogens is 1. The zero-order valence-electron chi connectivity index (χ0n) is 8.04. The molecule has 68 valence electrons. The Balaban J connectivity index is 2.77. The lowest BCUT2D eigenvalue weighted by Crippen LogP contribution is -2.15. The third kappa shape index (κ3) is 3.27. The van der Waals surface area contributed by atoms with Crippen molar-refractivity contribution in [3.05, 3.63) is 29.6 Å². The molecule has 0 bridgehead atoms. The van der Waals surface area contributed by atoms with Crippen LogP contribution in [0.15, 0.2) is 18.5 Å². The number of nitrogens with zero attached hydrogens (tertiary/aromatic N) is 1. The molecular formula is C11H14N2. The Morgan fingerprint density at radius 3 is 2.92 bits per heavy atom. The smallest absolute Gasteiger partial charge is 0.0665 e.